The lowest BCUT2D eigenvalue weighted by molar-refractivity contribution is -0.115. The Morgan fingerprint density at radius 1 is 1.19 bits per heavy atom. The first-order valence-electron chi connectivity index (χ1n) is 8.32. The summed E-state index contributed by atoms with van der Waals surface area (Å²) in [6.07, 6.45) is 0. The van der Waals surface area contributed by atoms with Gasteiger partial charge in [0.15, 0.2) is 0 Å². The summed E-state index contributed by atoms with van der Waals surface area (Å²) in [6.45, 7) is 3.92. The largest absolute Gasteiger partial charge is 0.323 e. The number of carbonyl (C=O) groups is 1. The van der Waals surface area contributed by atoms with Crippen LogP contribution in [0.15, 0.2) is 47.8 Å². The molecule has 3 aromatic rings. The van der Waals surface area contributed by atoms with E-state index in [-0.39, 0.29) is 11.2 Å². The standard InChI is InChI=1S/C20H18Cl2N2OS2/c1-12-6-8-14(9-7-12)20-23-15(11-27-20)10-26-13(2)19(25)24-18-16(21)4-3-5-17(18)22/h3-9,11,13H,10H2,1-2H3,(H,24,25)/t13-/m1/s1. The molecule has 0 aliphatic carbocycles. The monoisotopic (exact) mass is 436 g/mol. The van der Waals surface area contributed by atoms with Crippen molar-refractivity contribution in [2.45, 2.75) is 24.9 Å². The van der Waals surface area contributed by atoms with Crippen molar-refractivity contribution in [3.05, 3.63) is 69.1 Å². The number of aryl methyl sites for hydroxylation is 1. The molecular weight excluding hydrogens is 419 g/mol. The number of nitrogens with one attached hydrogen (secondary N) is 1. The Balaban J connectivity index is 1.58. The van der Waals surface area contributed by atoms with E-state index in [1.54, 1.807) is 29.5 Å². The van der Waals surface area contributed by atoms with E-state index < -0.39 is 0 Å². The second-order valence-electron chi connectivity index (χ2n) is 6.05. The molecule has 0 aliphatic rings. The normalized spacial score (nSPS) is 12.0. The molecule has 140 valence electrons. The van der Waals surface area contributed by atoms with Gasteiger partial charge in [-0.2, -0.15) is 0 Å². The molecule has 0 fully saturated rings. The van der Waals surface area contributed by atoms with Gasteiger partial charge >= 0.3 is 0 Å². The van der Waals surface area contributed by atoms with Gasteiger partial charge in [0, 0.05) is 16.7 Å². The van der Waals surface area contributed by atoms with Crippen LogP contribution in [0.25, 0.3) is 10.6 Å². The zero-order chi connectivity index (χ0) is 19.4. The molecule has 3 rings (SSSR count). The van der Waals surface area contributed by atoms with Gasteiger partial charge in [-0.1, -0.05) is 59.1 Å². The Morgan fingerprint density at radius 2 is 1.85 bits per heavy atom. The van der Waals surface area contributed by atoms with Gasteiger partial charge in [0.05, 0.1) is 26.7 Å². The van der Waals surface area contributed by atoms with E-state index in [2.05, 4.69) is 41.5 Å². The summed E-state index contributed by atoms with van der Waals surface area (Å²) in [6, 6.07) is 13.5. The molecule has 0 saturated heterocycles. The van der Waals surface area contributed by atoms with E-state index in [0.717, 1.165) is 16.3 Å². The lowest BCUT2D eigenvalue weighted by atomic mass is 10.2. The molecule has 0 aliphatic heterocycles. The lowest BCUT2D eigenvalue weighted by Gasteiger charge is -2.13. The number of amides is 1. The summed E-state index contributed by atoms with van der Waals surface area (Å²) < 4.78 is 0. The van der Waals surface area contributed by atoms with Gasteiger partial charge in [0.1, 0.15) is 5.01 Å². The predicted octanol–water partition coefficient (Wildman–Crippen LogP) is 6.69. The average molecular weight is 437 g/mol. The van der Waals surface area contributed by atoms with Crippen LogP contribution in [0.4, 0.5) is 5.69 Å². The van der Waals surface area contributed by atoms with Gasteiger partial charge in [-0.25, -0.2) is 4.98 Å². The first-order valence-corrected chi connectivity index (χ1v) is 11.0. The molecule has 1 N–H and O–H groups in total. The number of halogens is 2. The smallest absolute Gasteiger partial charge is 0.237 e. The lowest BCUT2D eigenvalue weighted by Crippen LogP contribution is -2.23. The molecule has 1 heterocycles. The molecule has 3 nitrogen and oxygen atoms in total. The minimum Gasteiger partial charge on any atom is -0.323 e. The van der Waals surface area contributed by atoms with Crippen molar-refractivity contribution < 1.29 is 4.79 Å². The van der Waals surface area contributed by atoms with E-state index in [9.17, 15) is 4.79 Å². The van der Waals surface area contributed by atoms with Crippen molar-refractivity contribution >= 4 is 57.9 Å². The molecule has 27 heavy (non-hydrogen) atoms. The first-order chi connectivity index (χ1) is 12.9. The predicted molar refractivity (Wildman–Crippen MR) is 118 cm³/mol. The van der Waals surface area contributed by atoms with Crippen LogP contribution in [0.2, 0.25) is 10.0 Å². The van der Waals surface area contributed by atoms with Crippen molar-refractivity contribution in [3.63, 3.8) is 0 Å². The van der Waals surface area contributed by atoms with Crippen molar-refractivity contribution in [2.24, 2.45) is 0 Å². The number of hydrogen-bond donors (Lipinski definition) is 1. The van der Waals surface area contributed by atoms with E-state index in [1.807, 2.05) is 12.3 Å². The Morgan fingerprint density at radius 3 is 2.52 bits per heavy atom. The Bertz CT molecular complexity index is 921. The maximum Gasteiger partial charge on any atom is 0.237 e. The van der Waals surface area contributed by atoms with Crippen LogP contribution in [0.1, 0.15) is 18.2 Å². The summed E-state index contributed by atoms with van der Waals surface area (Å²) >= 11 is 15.4. The fraction of sp³-hybridized carbons (Fsp3) is 0.200. The molecule has 7 heteroatoms. The number of thioether (sulfide) groups is 1. The average Bonchev–Trinajstić information content (AvgIpc) is 3.12. The fourth-order valence-electron chi connectivity index (χ4n) is 2.33. The molecule has 0 radical (unpaired) electrons. The molecule has 1 aromatic heterocycles. The Kier molecular flexibility index (Phi) is 6.82. The van der Waals surface area contributed by atoms with Gasteiger partial charge in [0.25, 0.3) is 0 Å². The van der Waals surface area contributed by atoms with Crippen LogP contribution in [0, 0.1) is 6.92 Å². The molecule has 1 atom stereocenters. The number of anilines is 1. The summed E-state index contributed by atoms with van der Waals surface area (Å²) in [5.74, 6) is 0.525. The molecule has 0 saturated carbocycles. The first kappa shape index (κ1) is 20.2. The van der Waals surface area contributed by atoms with E-state index in [0.29, 0.717) is 21.5 Å². The second-order valence-corrected chi connectivity index (χ2v) is 9.05. The third-order valence-electron chi connectivity index (χ3n) is 3.91. The zero-order valence-corrected chi connectivity index (χ0v) is 18.0. The summed E-state index contributed by atoms with van der Waals surface area (Å²) in [5.41, 5.74) is 3.76. The van der Waals surface area contributed by atoms with E-state index >= 15 is 0 Å². The molecule has 0 unspecified atom stereocenters. The highest BCUT2D eigenvalue weighted by atomic mass is 35.5. The van der Waals surface area contributed by atoms with Crippen LogP contribution >= 0.6 is 46.3 Å². The van der Waals surface area contributed by atoms with Gasteiger partial charge in [0.2, 0.25) is 5.91 Å². The summed E-state index contributed by atoms with van der Waals surface area (Å²) in [4.78, 5) is 17.1. The van der Waals surface area contributed by atoms with E-state index in [4.69, 9.17) is 23.2 Å². The Hall–Kier alpha value is -1.53. The maximum absolute atomic E-state index is 12.4. The molecular formula is C20H18Cl2N2OS2. The second kappa shape index (κ2) is 9.11. The number of nitrogens with zero attached hydrogens (tertiary/aromatic N) is 1. The summed E-state index contributed by atoms with van der Waals surface area (Å²) in [5, 5.41) is 6.43. The topological polar surface area (TPSA) is 42.0 Å². The van der Waals surface area contributed by atoms with Gasteiger partial charge in [-0.3, -0.25) is 4.79 Å². The van der Waals surface area contributed by atoms with Crippen LogP contribution < -0.4 is 5.32 Å². The Labute approximate surface area is 177 Å². The van der Waals surface area contributed by atoms with Crippen molar-refractivity contribution in [1.82, 2.24) is 4.98 Å². The van der Waals surface area contributed by atoms with Gasteiger partial charge in [-0.15, -0.1) is 23.1 Å². The minimum absolute atomic E-state index is 0.135. The highest BCUT2D eigenvalue weighted by molar-refractivity contribution is 7.99. The number of aromatic nitrogens is 1. The van der Waals surface area contributed by atoms with Crippen molar-refractivity contribution in [1.29, 1.82) is 0 Å². The molecule has 2 aromatic carbocycles. The quantitative estimate of drug-likeness (QED) is 0.467. The molecule has 1 amide bonds. The highest BCUT2D eigenvalue weighted by Crippen LogP contribution is 2.31. The number of rotatable bonds is 6. The van der Waals surface area contributed by atoms with Crippen molar-refractivity contribution in [2.75, 3.05) is 5.32 Å². The number of thiazole rings is 1. The van der Waals surface area contributed by atoms with E-state index in [1.165, 1.54) is 17.3 Å². The zero-order valence-electron chi connectivity index (χ0n) is 14.8. The third-order valence-corrected chi connectivity index (χ3v) is 6.66. The maximum atomic E-state index is 12.4. The number of carbonyl (C=O) groups excluding carboxylic acids is 1. The summed E-state index contributed by atoms with van der Waals surface area (Å²) in [7, 11) is 0. The highest BCUT2D eigenvalue weighted by Gasteiger charge is 2.17. The van der Waals surface area contributed by atoms with Gasteiger partial charge in [-0.05, 0) is 26.0 Å². The molecule has 0 spiro atoms. The number of hydrogen-bond acceptors (Lipinski definition) is 4. The van der Waals surface area contributed by atoms with Crippen LogP contribution in [-0.2, 0) is 10.5 Å². The number of benzene rings is 2. The van der Waals surface area contributed by atoms with Crippen LogP contribution in [-0.4, -0.2) is 16.1 Å². The third kappa shape index (κ3) is 5.26. The van der Waals surface area contributed by atoms with Crippen molar-refractivity contribution in [3.8, 4) is 10.6 Å². The SMILES string of the molecule is Cc1ccc(-c2nc(CS[C@H](C)C(=O)Nc3c(Cl)cccc3Cl)cs2)cc1. The van der Waals surface area contributed by atoms with Crippen LogP contribution in [0.3, 0.4) is 0 Å². The molecule has 0 bridgehead atoms. The number of para-hydroxylation sites is 1. The van der Waals surface area contributed by atoms with Gasteiger partial charge < -0.3 is 5.32 Å². The van der Waals surface area contributed by atoms with Crippen LogP contribution in [0.5, 0.6) is 0 Å². The fourth-order valence-corrected chi connectivity index (χ4v) is 4.53. The minimum atomic E-state index is -0.262.